The number of benzene rings is 1. The third-order valence-electron chi connectivity index (χ3n) is 5.35. The number of hydrogen-bond acceptors (Lipinski definition) is 7. The van der Waals surface area contributed by atoms with Gasteiger partial charge in [0.05, 0.1) is 24.0 Å². The summed E-state index contributed by atoms with van der Waals surface area (Å²) in [5, 5.41) is 23.4. The molecular weight excluding hydrogens is 393 g/mol. The SMILES string of the molecule is N#C[C@@H]1CSCN1C(=O)CNC(O)c1ccnc2ccc(N3CC[C@@H](F)C3)cc12. The maximum atomic E-state index is 13.6. The lowest BCUT2D eigenvalue weighted by Crippen LogP contribution is -2.42. The average Bonchev–Trinajstić information content (AvgIpc) is 3.39. The third kappa shape index (κ3) is 4.15. The summed E-state index contributed by atoms with van der Waals surface area (Å²) in [6, 6.07) is 9.09. The molecule has 2 aliphatic rings. The van der Waals surface area contributed by atoms with Crippen LogP contribution in [-0.2, 0) is 4.79 Å². The maximum Gasteiger partial charge on any atom is 0.238 e. The Morgan fingerprint density at radius 2 is 2.34 bits per heavy atom. The number of fused-ring (bicyclic) bond motifs is 1. The summed E-state index contributed by atoms with van der Waals surface area (Å²) >= 11 is 1.54. The van der Waals surface area contributed by atoms with Crippen LogP contribution in [-0.4, -0.2) is 64.4 Å². The normalized spacial score (nSPS) is 22.8. The van der Waals surface area contributed by atoms with Gasteiger partial charge < -0.3 is 14.9 Å². The quantitative estimate of drug-likeness (QED) is 0.719. The number of nitriles is 1. The predicted molar refractivity (Wildman–Crippen MR) is 110 cm³/mol. The van der Waals surface area contributed by atoms with E-state index < -0.39 is 18.4 Å². The molecule has 2 saturated heterocycles. The topological polar surface area (TPSA) is 92.5 Å². The number of carbonyl (C=O) groups is 1. The van der Waals surface area contributed by atoms with Gasteiger partial charge in [-0.15, -0.1) is 11.8 Å². The van der Waals surface area contributed by atoms with Gasteiger partial charge >= 0.3 is 0 Å². The number of nitrogens with zero attached hydrogens (tertiary/aromatic N) is 4. The second-order valence-electron chi connectivity index (χ2n) is 7.23. The Morgan fingerprint density at radius 1 is 1.48 bits per heavy atom. The largest absolute Gasteiger partial charge is 0.374 e. The van der Waals surface area contributed by atoms with Crippen molar-refractivity contribution < 1.29 is 14.3 Å². The van der Waals surface area contributed by atoms with Crippen LogP contribution in [0.3, 0.4) is 0 Å². The fourth-order valence-corrected chi connectivity index (χ4v) is 4.84. The number of anilines is 1. The molecule has 2 N–H and O–H groups in total. The van der Waals surface area contributed by atoms with Crippen molar-refractivity contribution in [3.8, 4) is 6.07 Å². The number of halogens is 1. The number of alkyl halides is 1. The van der Waals surface area contributed by atoms with E-state index in [-0.39, 0.29) is 12.5 Å². The number of aliphatic hydroxyl groups excluding tert-OH is 1. The Labute approximate surface area is 172 Å². The van der Waals surface area contributed by atoms with Crippen LogP contribution in [0.25, 0.3) is 10.9 Å². The smallest absolute Gasteiger partial charge is 0.238 e. The first-order valence-corrected chi connectivity index (χ1v) is 10.7. The summed E-state index contributed by atoms with van der Waals surface area (Å²) in [4.78, 5) is 20.3. The Balaban J connectivity index is 1.50. The highest BCUT2D eigenvalue weighted by atomic mass is 32.2. The van der Waals surface area contributed by atoms with E-state index in [1.54, 1.807) is 24.0 Å². The highest BCUT2D eigenvalue weighted by molar-refractivity contribution is 7.99. The number of pyridine rings is 1. The first kappa shape index (κ1) is 19.9. The second-order valence-corrected chi connectivity index (χ2v) is 8.23. The van der Waals surface area contributed by atoms with Gasteiger partial charge in [-0.1, -0.05) is 0 Å². The molecule has 7 nitrogen and oxygen atoms in total. The average molecular weight is 415 g/mol. The van der Waals surface area contributed by atoms with E-state index in [0.29, 0.717) is 36.7 Å². The lowest BCUT2D eigenvalue weighted by molar-refractivity contribution is -0.130. The lowest BCUT2D eigenvalue weighted by Gasteiger charge is -2.22. The zero-order chi connectivity index (χ0) is 20.4. The van der Waals surface area contributed by atoms with Gasteiger partial charge in [-0.2, -0.15) is 5.26 Å². The molecule has 1 amide bonds. The zero-order valence-corrected chi connectivity index (χ0v) is 16.6. The van der Waals surface area contributed by atoms with E-state index in [1.807, 2.05) is 23.1 Å². The zero-order valence-electron chi connectivity index (χ0n) is 15.8. The Hall–Kier alpha value is -2.41. The van der Waals surface area contributed by atoms with Gasteiger partial charge in [-0.25, -0.2) is 4.39 Å². The first-order chi connectivity index (χ1) is 14.1. The number of rotatable bonds is 5. The van der Waals surface area contributed by atoms with E-state index >= 15 is 0 Å². The van der Waals surface area contributed by atoms with Crippen molar-refractivity contribution in [3.63, 3.8) is 0 Å². The number of thioether (sulfide) groups is 1. The monoisotopic (exact) mass is 415 g/mol. The van der Waals surface area contributed by atoms with Crippen molar-refractivity contribution in [2.24, 2.45) is 0 Å². The maximum absolute atomic E-state index is 13.6. The van der Waals surface area contributed by atoms with Crippen LogP contribution < -0.4 is 10.2 Å². The summed E-state index contributed by atoms with van der Waals surface area (Å²) in [7, 11) is 0. The minimum atomic E-state index is -1.07. The van der Waals surface area contributed by atoms with E-state index in [0.717, 1.165) is 16.6 Å². The van der Waals surface area contributed by atoms with E-state index in [1.165, 1.54) is 4.90 Å². The number of carbonyl (C=O) groups excluding carboxylic acids is 1. The molecule has 0 bridgehead atoms. The first-order valence-electron chi connectivity index (χ1n) is 9.53. The molecule has 1 unspecified atom stereocenters. The molecule has 2 aliphatic heterocycles. The van der Waals surface area contributed by atoms with Crippen molar-refractivity contribution in [1.29, 1.82) is 5.26 Å². The molecule has 4 rings (SSSR count). The van der Waals surface area contributed by atoms with Gasteiger partial charge in [0.15, 0.2) is 0 Å². The standard InChI is InChI=1S/C20H22FN5O2S/c21-13-4-6-25(10-13)14-1-2-18-17(7-14)16(3-5-23-18)20(28)24-9-19(27)26-12-29-11-15(26)8-22/h1-3,5,7,13,15,20,24,28H,4,6,9-12H2/t13-,15-,20?/m1/s1. The van der Waals surface area contributed by atoms with Gasteiger partial charge in [-0.05, 0) is 30.7 Å². The molecule has 0 aliphatic carbocycles. The third-order valence-corrected chi connectivity index (χ3v) is 6.36. The number of aromatic nitrogens is 1. The highest BCUT2D eigenvalue weighted by Crippen LogP contribution is 2.29. The summed E-state index contributed by atoms with van der Waals surface area (Å²) in [6.07, 6.45) is 0.240. The molecule has 2 aromatic rings. The molecule has 3 heterocycles. The second kappa shape index (κ2) is 8.53. The van der Waals surface area contributed by atoms with Crippen LogP contribution >= 0.6 is 11.8 Å². The predicted octanol–water partition coefficient (Wildman–Crippen LogP) is 1.79. The fraction of sp³-hybridized carbons (Fsp3) is 0.450. The Morgan fingerprint density at radius 3 is 3.10 bits per heavy atom. The highest BCUT2D eigenvalue weighted by Gasteiger charge is 2.29. The van der Waals surface area contributed by atoms with Crippen molar-refractivity contribution in [1.82, 2.24) is 15.2 Å². The van der Waals surface area contributed by atoms with E-state index in [4.69, 9.17) is 5.26 Å². The van der Waals surface area contributed by atoms with Crippen molar-refractivity contribution in [2.45, 2.75) is 24.9 Å². The van der Waals surface area contributed by atoms with Gasteiger partial charge in [-0.3, -0.25) is 15.1 Å². The Bertz CT molecular complexity index is 952. The van der Waals surface area contributed by atoms with Gasteiger partial charge in [0.2, 0.25) is 5.91 Å². The number of aliphatic hydroxyl groups is 1. The minimum absolute atomic E-state index is 0.0704. The fourth-order valence-electron chi connectivity index (χ4n) is 3.73. The summed E-state index contributed by atoms with van der Waals surface area (Å²) in [6.45, 7) is 0.953. The summed E-state index contributed by atoms with van der Waals surface area (Å²) in [5.74, 6) is 0.881. The molecule has 29 heavy (non-hydrogen) atoms. The minimum Gasteiger partial charge on any atom is -0.374 e. The van der Waals surface area contributed by atoms with Crippen LogP contribution in [0.4, 0.5) is 10.1 Å². The van der Waals surface area contributed by atoms with Crippen molar-refractivity contribution in [2.75, 3.05) is 36.2 Å². The van der Waals surface area contributed by atoms with Crippen LogP contribution in [0.15, 0.2) is 30.5 Å². The molecule has 152 valence electrons. The van der Waals surface area contributed by atoms with Gasteiger partial charge in [0.25, 0.3) is 0 Å². The lowest BCUT2D eigenvalue weighted by atomic mass is 10.1. The van der Waals surface area contributed by atoms with E-state index in [2.05, 4.69) is 16.4 Å². The molecular formula is C20H22FN5O2S. The molecule has 1 aromatic carbocycles. The number of nitrogens with one attached hydrogen (secondary N) is 1. The summed E-state index contributed by atoms with van der Waals surface area (Å²) < 4.78 is 13.6. The Kier molecular flexibility index (Phi) is 5.85. The molecule has 0 saturated carbocycles. The molecule has 2 fully saturated rings. The van der Waals surface area contributed by atoms with Gasteiger partial charge in [0, 0.05) is 41.7 Å². The molecule has 0 radical (unpaired) electrons. The van der Waals surface area contributed by atoms with E-state index in [9.17, 15) is 14.3 Å². The molecule has 9 heteroatoms. The number of amides is 1. The van der Waals surface area contributed by atoms with Crippen LogP contribution in [0.1, 0.15) is 18.2 Å². The van der Waals surface area contributed by atoms with Gasteiger partial charge in [0.1, 0.15) is 18.4 Å². The van der Waals surface area contributed by atoms with Crippen LogP contribution in [0, 0.1) is 11.3 Å². The van der Waals surface area contributed by atoms with Crippen molar-refractivity contribution >= 4 is 34.3 Å². The van der Waals surface area contributed by atoms with Crippen LogP contribution in [0.5, 0.6) is 0 Å². The molecule has 3 atom stereocenters. The molecule has 0 spiro atoms. The molecule has 1 aromatic heterocycles. The number of hydrogen-bond donors (Lipinski definition) is 2. The van der Waals surface area contributed by atoms with Crippen LogP contribution in [0.2, 0.25) is 0 Å². The van der Waals surface area contributed by atoms with Crippen molar-refractivity contribution in [3.05, 3.63) is 36.0 Å². The summed E-state index contributed by atoms with van der Waals surface area (Å²) in [5.41, 5.74) is 2.21.